The van der Waals surface area contributed by atoms with Crippen molar-refractivity contribution in [1.82, 2.24) is 19.6 Å². The van der Waals surface area contributed by atoms with E-state index in [-0.39, 0.29) is 0 Å². The number of fused-ring (bicyclic) bond motifs is 1. The van der Waals surface area contributed by atoms with Crippen LogP contribution in [0, 0.1) is 13.8 Å². The summed E-state index contributed by atoms with van der Waals surface area (Å²) in [6.07, 6.45) is 0. The molecule has 0 saturated heterocycles. The average Bonchev–Trinajstić information content (AvgIpc) is 3.07. The molecule has 0 unspecified atom stereocenters. The number of hydrogen-bond acceptors (Lipinski definition) is 6. The van der Waals surface area contributed by atoms with Gasteiger partial charge in [-0.15, -0.1) is 0 Å². The minimum absolute atomic E-state index is 0.650. The molecule has 0 saturated carbocycles. The maximum atomic E-state index is 5.46. The third kappa shape index (κ3) is 3.59. The topological polar surface area (TPSA) is 73.6 Å². The van der Waals surface area contributed by atoms with Crippen LogP contribution in [0.15, 0.2) is 48.5 Å². The van der Waals surface area contributed by atoms with E-state index in [2.05, 4.69) is 27.4 Å². The monoisotopic (exact) mass is 389 g/mol. The van der Waals surface area contributed by atoms with Crippen molar-refractivity contribution < 1.29 is 9.47 Å². The number of nitrogens with zero attached hydrogens (tertiary/aromatic N) is 4. The lowest BCUT2D eigenvalue weighted by Crippen LogP contribution is -2.09. The van der Waals surface area contributed by atoms with Crippen molar-refractivity contribution in [2.24, 2.45) is 0 Å². The molecule has 0 fully saturated rings. The minimum Gasteiger partial charge on any atom is -0.493 e. The number of methoxy groups -OCH3 is 2. The molecule has 0 aliphatic carbocycles. The summed E-state index contributed by atoms with van der Waals surface area (Å²) in [5, 5.41) is 8.08. The molecule has 0 spiro atoms. The maximum absolute atomic E-state index is 5.46. The van der Waals surface area contributed by atoms with E-state index in [0.717, 1.165) is 22.5 Å². The highest BCUT2D eigenvalue weighted by Gasteiger charge is 2.18. The molecule has 1 N–H and O–H groups in total. The second-order valence-electron chi connectivity index (χ2n) is 6.70. The lowest BCUT2D eigenvalue weighted by molar-refractivity contribution is 0.355. The van der Waals surface area contributed by atoms with E-state index >= 15 is 0 Å². The van der Waals surface area contributed by atoms with Gasteiger partial charge in [0.15, 0.2) is 17.1 Å². The van der Waals surface area contributed by atoms with E-state index in [1.165, 1.54) is 5.56 Å². The zero-order chi connectivity index (χ0) is 20.4. The van der Waals surface area contributed by atoms with Crippen LogP contribution in [-0.4, -0.2) is 33.8 Å². The summed E-state index contributed by atoms with van der Waals surface area (Å²) in [7, 11) is 3.25. The van der Waals surface area contributed by atoms with Gasteiger partial charge in [-0.1, -0.05) is 36.4 Å². The number of aryl methyl sites for hydroxylation is 2. The van der Waals surface area contributed by atoms with Gasteiger partial charge in [-0.05, 0) is 37.1 Å². The normalized spacial score (nSPS) is 10.9. The summed E-state index contributed by atoms with van der Waals surface area (Å²) in [5.74, 6) is 2.68. The van der Waals surface area contributed by atoms with Gasteiger partial charge in [0.2, 0.25) is 5.95 Å². The van der Waals surface area contributed by atoms with Crippen molar-refractivity contribution in [2.75, 3.05) is 19.5 Å². The Bertz CT molecular complexity index is 1160. The fourth-order valence-electron chi connectivity index (χ4n) is 3.37. The first kappa shape index (κ1) is 18.7. The van der Waals surface area contributed by atoms with Crippen LogP contribution in [0.1, 0.15) is 17.1 Å². The number of benzene rings is 2. The van der Waals surface area contributed by atoms with E-state index in [1.807, 2.05) is 50.2 Å². The van der Waals surface area contributed by atoms with Crippen molar-refractivity contribution in [2.45, 2.75) is 20.4 Å². The molecular weight excluding hydrogens is 366 g/mol. The Labute approximate surface area is 169 Å². The Morgan fingerprint density at radius 3 is 2.41 bits per heavy atom. The van der Waals surface area contributed by atoms with Gasteiger partial charge in [0.05, 0.1) is 19.9 Å². The molecule has 4 aromatic rings. The minimum atomic E-state index is 0.650. The van der Waals surface area contributed by atoms with Gasteiger partial charge in [0, 0.05) is 12.1 Å². The van der Waals surface area contributed by atoms with Crippen LogP contribution in [0.5, 0.6) is 11.5 Å². The molecule has 7 heteroatoms. The third-order valence-corrected chi connectivity index (χ3v) is 4.74. The van der Waals surface area contributed by atoms with Crippen LogP contribution in [0.4, 0.5) is 5.95 Å². The molecule has 0 amide bonds. The molecular formula is C22H23N5O2. The molecule has 29 heavy (non-hydrogen) atoms. The predicted molar refractivity (Wildman–Crippen MR) is 113 cm³/mol. The van der Waals surface area contributed by atoms with Crippen molar-refractivity contribution in [1.29, 1.82) is 0 Å². The van der Waals surface area contributed by atoms with Gasteiger partial charge in [-0.25, -0.2) is 4.98 Å². The summed E-state index contributed by atoms with van der Waals surface area (Å²) < 4.78 is 12.6. The SMILES string of the molecule is COc1ccc(-c2c(C)nn3c(NCc4ccccc4)nc(C)nc23)cc1OC. The number of nitrogens with one attached hydrogen (secondary N) is 1. The highest BCUT2D eigenvalue weighted by atomic mass is 16.5. The Kier molecular flexibility index (Phi) is 5.03. The molecule has 2 heterocycles. The van der Waals surface area contributed by atoms with Crippen LogP contribution in [0.3, 0.4) is 0 Å². The van der Waals surface area contributed by atoms with Gasteiger partial charge in [-0.3, -0.25) is 0 Å². The number of hydrogen-bond donors (Lipinski definition) is 1. The largest absolute Gasteiger partial charge is 0.493 e. The molecule has 2 aromatic carbocycles. The van der Waals surface area contributed by atoms with E-state index in [1.54, 1.807) is 18.7 Å². The number of rotatable bonds is 6. The Morgan fingerprint density at radius 2 is 1.69 bits per heavy atom. The highest BCUT2D eigenvalue weighted by molar-refractivity contribution is 5.81. The number of ether oxygens (including phenoxy) is 2. The van der Waals surface area contributed by atoms with Crippen molar-refractivity contribution in [3.8, 4) is 22.6 Å². The quantitative estimate of drug-likeness (QED) is 0.537. The molecule has 4 rings (SSSR count). The smallest absolute Gasteiger partial charge is 0.227 e. The fraction of sp³-hybridized carbons (Fsp3) is 0.227. The average molecular weight is 389 g/mol. The first-order chi connectivity index (χ1) is 14.1. The lowest BCUT2D eigenvalue weighted by Gasteiger charge is -2.10. The molecule has 0 atom stereocenters. The second kappa shape index (κ2) is 7.79. The van der Waals surface area contributed by atoms with Crippen molar-refractivity contribution in [3.63, 3.8) is 0 Å². The first-order valence-electron chi connectivity index (χ1n) is 9.35. The molecule has 2 aromatic heterocycles. The second-order valence-corrected chi connectivity index (χ2v) is 6.70. The van der Waals surface area contributed by atoms with Crippen LogP contribution < -0.4 is 14.8 Å². The van der Waals surface area contributed by atoms with Crippen molar-refractivity contribution in [3.05, 3.63) is 65.6 Å². The Hall–Kier alpha value is -3.61. The third-order valence-electron chi connectivity index (χ3n) is 4.74. The Balaban J connectivity index is 1.79. The zero-order valence-corrected chi connectivity index (χ0v) is 16.9. The summed E-state index contributed by atoms with van der Waals surface area (Å²) in [6, 6.07) is 16.0. The van der Waals surface area contributed by atoms with Crippen LogP contribution in [0.2, 0.25) is 0 Å². The predicted octanol–water partition coefficient (Wildman–Crippen LogP) is 4.04. The van der Waals surface area contributed by atoms with Gasteiger partial charge in [0.1, 0.15) is 5.82 Å². The van der Waals surface area contributed by atoms with Crippen LogP contribution in [0.25, 0.3) is 16.8 Å². The fourth-order valence-corrected chi connectivity index (χ4v) is 3.37. The molecule has 7 nitrogen and oxygen atoms in total. The van der Waals surface area contributed by atoms with E-state index in [9.17, 15) is 0 Å². The van der Waals surface area contributed by atoms with Gasteiger partial charge >= 0.3 is 0 Å². The molecule has 0 bridgehead atoms. The maximum Gasteiger partial charge on any atom is 0.227 e. The highest BCUT2D eigenvalue weighted by Crippen LogP contribution is 2.35. The molecule has 0 radical (unpaired) electrons. The number of anilines is 1. The standard InChI is InChI=1S/C22H23N5O2/c1-14-20(17-10-11-18(28-3)19(12-17)29-4)21-24-15(2)25-22(27(21)26-14)23-13-16-8-6-5-7-9-16/h5-12H,13H2,1-4H3,(H,23,24,25). The molecule has 0 aliphatic heterocycles. The first-order valence-corrected chi connectivity index (χ1v) is 9.35. The van der Waals surface area contributed by atoms with Crippen molar-refractivity contribution >= 4 is 11.6 Å². The zero-order valence-electron chi connectivity index (χ0n) is 16.9. The van der Waals surface area contributed by atoms with Gasteiger partial charge < -0.3 is 14.8 Å². The summed E-state index contributed by atoms with van der Waals surface area (Å²) >= 11 is 0. The molecule has 148 valence electrons. The van der Waals surface area contributed by atoms with E-state index < -0.39 is 0 Å². The van der Waals surface area contributed by atoms with E-state index in [4.69, 9.17) is 14.6 Å². The van der Waals surface area contributed by atoms with E-state index in [0.29, 0.717) is 29.8 Å². The summed E-state index contributed by atoms with van der Waals surface area (Å²) in [6.45, 7) is 4.50. The van der Waals surface area contributed by atoms with Crippen LogP contribution in [-0.2, 0) is 6.54 Å². The summed E-state index contributed by atoms with van der Waals surface area (Å²) in [4.78, 5) is 9.22. The van der Waals surface area contributed by atoms with Crippen LogP contribution >= 0.6 is 0 Å². The molecule has 0 aliphatic rings. The van der Waals surface area contributed by atoms with Gasteiger partial charge in [-0.2, -0.15) is 14.6 Å². The van der Waals surface area contributed by atoms with Gasteiger partial charge in [0.25, 0.3) is 0 Å². The lowest BCUT2D eigenvalue weighted by atomic mass is 10.1. The summed E-state index contributed by atoms with van der Waals surface area (Å²) in [5.41, 5.74) is 4.68. The number of aromatic nitrogens is 4. The Morgan fingerprint density at radius 1 is 0.931 bits per heavy atom.